The van der Waals surface area contributed by atoms with E-state index in [1.807, 2.05) is 13.8 Å². The summed E-state index contributed by atoms with van der Waals surface area (Å²) >= 11 is 0. The SMILES string of the molecule is CCc1ncc(S(=O)(=O)N[C@H](C)C2=CCCCC2)[nH]1. The van der Waals surface area contributed by atoms with Gasteiger partial charge in [0.25, 0.3) is 10.0 Å². The highest BCUT2D eigenvalue weighted by molar-refractivity contribution is 7.89. The zero-order valence-electron chi connectivity index (χ0n) is 11.4. The third-order valence-corrected chi connectivity index (χ3v) is 4.89. The van der Waals surface area contributed by atoms with Crippen LogP contribution in [-0.2, 0) is 16.4 Å². The molecule has 6 heteroatoms. The minimum atomic E-state index is -3.51. The van der Waals surface area contributed by atoms with E-state index in [1.54, 1.807) is 0 Å². The summed E-state index contributed by atoms with van der Waals surface area (Å²) < 4.78 is 27.1. The van der Waals surface area contributed by atoms with Gasteiger partial charge < -0.3 is 4.98 Å². The molecule has 0 saturated heterocycles. The topological polar surface area (TPSA) is 74.8 Å². The molecule has 1 aromatic heterocycles. The van der Waals surface area contributed by atoms with Gasteiger partial charge in [-0.2, -0.15) is 0 Å². The van der Waals surface area contributed by atoms with Gasteiger partial charge in [0.15, 0.2) is 5.03 Å². The summed E-state index contributed by atoms with van der Waals surface area (Å²) in [5.74, 6) is 0.685. The molecule has 0 spiro atoms. The Hall–Kier alpha value is -1.14. The van der Waals surface area contributed by atoms with Crippen molar-refractivity contribution >= 4 is 10.0 Å². The number of imidazole rings is 1. The average molecular weight is 283 g/mol. The third-order valence-electron chi connectivity index (χ3n) is 3.44. The monoisotopic (exact) mass is 283 g/mol. The number of aromatic amines is 1. The van der Waals surface area contributed by atoms with E-state index < -0.39 is 10.0 Å². The maximum absolute atomic E-state index is 12.2. The molecule has 1 aromatic rings. The number of hydrogen-bond acceptors (Lipinski definition) is 3. The number of aromatic nitrogens is 2. The van der Waals surface area contributed by atoms with Crippen molar-refractivity contribution in [3.05, 3.63) is 23.7 Å². The van der Waals surface area contributed by atoms with Crippen LogP contribution in [0.3, 0.4) is 0 Å². The van der Waals surface area contributed by atoms with E-state index in [9.17, 15) is 8.42 Å². The molecule has 0 bridgehead atoms. The van der Waals surface area contributed by atoms with Crippen molar-refractivity contribution in [3.8, 4) is 0 Å². The lowest BCUT2D eigenvalue weighted by Gasteiger charge is -2.20. The van der Waals surface area contributed by atoms with Crippen LogP contribution in [0.1, 0.15) is 45.4 Å². The lowest BCUT2D eigenvalue weighted by molar-refractivity contribution is 0.560. The summed E-state index contributed by atoms with van der Waals surface area (Å²) in [5, 5.41) is 0.146. The fourth-order valence-corrected chi connectivity index (χ4v) is 3.48. The second kappa shape index (κ2) is 5.88. The molecular formula is C13H21N3O2S. The Labute approximate surface area is 114 Å². The van der Waals surface area contributed by atoms with Gasteiger partial charge >= 0.3 is 0 Å². The van der Waals surface area contributed by atoms with Crippen molar-refractivity contribution in [2.24, 2.45) is 0 Å². The maximum Gasteiger partial charge on any atom is 0.258 e. The molecule has 1 aliphatic carbocycles. The highest BCUT2D eigenvalue weighted by Gasteiger charge is 2.22. The van der Waals surface area contributed by atoms with E-state index in [2.05, 4.69) is 20.8 Å². The first-order valence-corrected chi connectivity index (χ1v) is 8.26. The van der Waals surface area contributed by atoms with Crippen LogP contribution in [0.15, 0.2) is 22.9 Å². The van der Waals surface area contributed by atoms with Crippen LogP contribution >= 0.6 is 0 Å². The Bertz CT molecular complexity index is 560. The van der Waals surface area contributed by atoms with E-state index in [-0.39, 0.29) is 11.1 Å². The molecule has 0 amide bonds. The van der Waals surface area contributed by atoms with Gasteiger partial charge in [0.1, 0.15) is 5.82 Å². The van der Waals surface area contributed by atoms with E-state index in [4.69, 9.17) is 0 Å². The molecular weight excluding hydrogens is 262 g/mol. The van der Waals surface area contributed by atoms with E-state index in [0.717, 1.165) is 19.3 Å². The van der Waals surface area contributed by atoms with Gasteiger partial charge in [-0.3, -0.25) is 0 Å². The lowest BCUT2D eigenvalue weighted by atomic mass is 9.95. The minimum Gasteiger partial charge on any atom is -0.332 e. The first kappa shape index (κ1) is 14.3. The molecule has 1 atom stereocenters. The van der Waals surface area contributed by atoms with Crippen LogP contribution in [0.2, 0.25) is 0 Å². The summed E-state index contributed by atoms with van der Waals surface area (Å²) in [4.78, 5) is 6.86. The van der Waals surface area contributed by atoms with Crippen molar-refractivity contribution in [1.29, 1.82) is 0 Å². The quantitative estimate of drug-likeness (QED) is 0.813. The molecule has 5 nitrogen and oxygen atoms in total. The zero-order valence-corrected chi connectivity index (χ0v) is 12.3. The lowest BCUT2D eigenvalue weighted by Crippen LogP contribution is -2.34. The molecule has 0 fully saturated rings. The van der Waals surface area contributed by atoms with Crippen molar-refractivity contribution in [3.63, 3.8) is 0 Å². The fraction of sp³-hybridized carbons (Fsp3) is 0.615. The molecule has 19 heavy (non-hydrogen) atoms. The molecule has 1 heterocycles. The second-order valence-corrected chi connectivity index (χ2v) is 6.60. The Morgan fingerprint density at radius 3 is 2.84 bits per heavy atom. The van der Waals surface area contributed by atoms with Gasteiger partial charge in [-0.1, -0.05) is 18.6 Å². The number of aryl methyl sites for hydroxylation is 1. The Kier molecular flexibility index (Phi) is 4.42. The molecule has 2 rings (SSSR count). The second-order valence-electron chi connectivity index (χ2n) is 4.92. The molecule has 0 aliphatic heterocycles. The Morgan fingerprint density at radius 2 is 2.26 bits per heavy atom. The number of nitrogens with zero attached hydrogens (tertiary/aromatic N) is 1. The van der Waals surface area contributed by atoms with E-state index in [0.29, 0.717) is 12.2 Å². The zero-order chi connectivity index (χ0) is 13.9. The van der Waals surface area contributed by atoms with Crippen LogP contribution in [0.5, 0.6) is 0 Å². The molecule has 0 saturated carbocycles. The standard InChI is InChI=1S/C13H21N3O2S/c1-3-12-14-9-13(15-12)19(17,18)16-10(2)11-7-5-4-6-8-11/h7,9-10,16H,3-6,8H2,1-2H3,(H,14,15)/t10-/m1/s1. The van der Waals surface area contributed by atoms with Crippen molar-refractivity contribution in [1.82, 2.24) is 14.7 Å². The summed E-state index contributed by atoms with van der Waals surface area (Å²) in [7, 11) is -3.51. The fourth-order valence-electron chi connectivity index (χ4n) is 2.29. The number of rotatable bonds is 5. The number of allylic oxidation sites excluding steroid dienone is 1. The van der Waals surface area contributed by atoms with Crippen molar-refractivity contribution < 1.29 is 8.42 Å². The maximum atomic E-state index is 12.2. The summed E-state index contributed by atoms with van der Waals surface area (Å²) in [6, 6.07) is -0.154. The number of nitrogens with one attached hydrogen (secondary N) is 2. The third kappa shape index (κ3) is 3.45. The molecule has 2 N–H and O–H groups in total. The largest absolute Gasteiger partial charge is 0.332 e. The Balaban J connectivity index is 2.10. The van der Waals surface area contributed by atoms with Crippen LogP contribution in [0.4, 0.5) is 0 Å². The molecule has 106 valence electrons. The highest BCUT2D eigenvalue weighted by atomic mass is 32.2. The first-order valence-electron chi connectivity index (χ1n) is 6.78. The highest BCUT2D eigenvalue weighted by Crippen LogP contribution is 2.21. The van der Waals surface area contributed by atoms with E-state index in [1.165, 1.54) is 18.2 Å². The number of sulfonamides is 1. The van der Waals surface area contributed by atoms with Crippen LogP contribution < -0.4 is 4.72 Å². The van der Waals surface area contributed by atoms with Gasteiger partial charge in [-0.25, -0.2) is 18.1 Å². The Morgan fingerprint density at radius 1 is 1.47 bits per heavy atom. The van der Waals surface area contributed by atoms with Crippen molar-refractivity contribution in [2.45, 2.75) is 57.0 Å². The van der Waals surface area contributed by atoms with Gasteiger partial charge in [0.2, 0.25) is 0 Å². The summed E-state index contributed by atoms with van der Waals surface area (Å²) in [6.45, 7) is 3.82. The van der Waals surface area contributed by atoms with E-state index >= 15 is 0 Å². The minimum absolute atomic E-state index is 0.146. The predicted octanol–water partition coefficient (Wildman–Crippen LogP) is 2.14. The molecule has 0 radical (unpaired) electrons. The average Bonchev–Trinajstić information content (AvgIpc) is 2.89. The van der Waals surface area contributed by atoms with Gasteiger partial charge in [-0.15, -0.1) is 0 Å². The number of H-pyrrole nitrogens is 1. The van der Waals surface area contributed by atoms with Crippen LogP contribution in [0.25, 0.3) is 0 Å². The van der Waals surface area contributed by atoms with Crippen molar-refractivity contribution in [2.75, 3.05) is 0 Å². The molecule has 0 unspecified atom stereocenters. The smallest absolute Gasteiger partial charge is 0.258 e. The first-order chi connectivity index (χ1) is 9.03. The normalized spacial score (nSPS) is 18.1. The summed E-state index contributed by atoms with van der Waals surface area (Å²) in [5.41, 5.74) is 1.19. The molecule has 1 aliphatic rings. The van der Waals surface area contributed by atoms with Gasteiger partial charge in [0.05, 0.1) is 6.20 Å². The summed E-state index contributed by atoms with van der Waals surface area (Å²) in [6.07, 6.45) is 8.59. The molecule has 0 aromatic carbocycles. The number of hydrogen-bond donors (Lipinski definition) is 2. The predicted molar refractivity (Wildman–Crippen MR) is 74.3 cm³/mol. The van der Waals surface area contributed by atoms with Gasteiger partial charge in [-0.05, 0) is 32.6 Å². The van der Waals surface area contributed by atoms with Crippen LogP contribution in [-0.4, -0.2) is 24.4 Å². The van der Waals surface area contributed by atoms with Gasteiger partial charge in [0, 0.05) is 12.5 Å². The van der Waals surface area contributed by atoms with Crippen LogP contribution in [0, 0.1) is 0 Å².